The fraction of sp³-hybridized carbons (Fsp3) is 0.308. The quantitative estimate of drug-likeness (QED) is 0.854. The summed E-state index contributed by atoms with van der Waals surface area (Å²) in [6, 6.07) is 6.00. The summed E-state index contributed by atoms with van der Waals surface area (Å²) >= 11 is 7.75. The van der Waals surface area contributed by atoms with E-state index in [1.807, 2.05) is 23.8 Å². The van der Waals surface area contributed by atoms with Crippen molar-refractivity contribution in [3.05, 3.63) is 34.9 Å². The van der Waals surface area contributed by atoms with Gasteiger partial charge >= 0.3 is 0 Å². The molecular weight excluding hydrogens is 252 g/mol. The highest BCUT2D eigenvalue weighted by atomic mass is 35.5. The molecule has 0 aliphatic carbocycles. The molecule has 2 rings (SSSR count). The molecule has 90 valence electrons. The second-order valence-corrected chi connectivity index (χ2v) is 6.29. The van der Waals surface area contributed by atoms with Crippen molar-refractivity contribution in [3.8, 4) is 10.4 Å². The fourth-order valence-electron chi connectivity index (χ4n) is 1.60. The molecule has 2 aromatic rings. The molecule has 1 heterocycles. The van der Waals surface area contributed by atoms with Crippen molar-refractivity contribution in [1.82, 2.24) is 4.98 Å². The van der Waals surface area contributed by atoms with Crippen LogP contribution in [0.5, 0.6) is 0 Å². The highest BCUT2D eigenvalue weighted by molar-refractivity contribution is 7.13. The Kier molecular flexibility index (Phi) is 3.40. The molecular formula is C13H15ClN2S. The number of hydrogen-bond donors (Lipinski definition) is 1. The van der Waals surface area contributed by atoms with Gasteiger partial charge in [0, 0.05) is 22.4 Å². The molecule has 2 nitrogen and oxygen atoms in total. The maximum Gasteiger partial charge on any atom is 0.0797 e. The summed E-state index contributed by atoms with van der Waals surface area (Å²) in [5.74, 6) is 0. The number of halogens is 1. The molecule has 0 saturated heterocycles. The van der Waals surface area contributed by atoms with Gasteiger partial charge in [0.05, 0.1) is 10.4 Å². The molecule has 0 atom stereocenters. The van der Waals surface area contributed by atoms with Gasteiger partial charge in [0.25, 0.3) is 0 Å². The van der Waals surface area contributed by atoms with E-state index >= 15 is 0 Å². The third-order valence-electron chi connectivity index (χ3n) is 2.13. The SMILES string of the molecule is CC(C)(C)Nc1cc(Cl)cc(-c2cncs2)c1. The van der Waals surface area contributed by atoms with Crippen molar-refractivity contribution in [2.75, 3.05) is 5.32 Å². The lowest BCUT2D eigenvalue weighted by molar-refractivity contribution is 0.634. The van der Waals surface area contributed by atoms with Gasteiger partial charge in [0.1, 0.15) is 0 Å². The average molecular weight is 267 g/mol. The first kappa shape index (κ1) is 12.4. The Morgan fingerprint density at radius 3 is 2.59 bits per heavy atom. The maximum atomic E-state index is 6.14. The van der Waals surface area contributed by atoms with Crippen molar-refractivity contribution in [3.63, 3.8) is 0 Å². The van der Waals surface area contributed by atoms with E-state index in [4.69, 9.17) is 11.6 Å². The van der Waals surface area contributed by atoms with Crippen molar-refractivity contribution in [1.29, 1.82) is 0 Å². The van der Waals surface area contributed by atoms with E-state index < -0.39 is 0 Å². The molecule has 1 N–H and O–H groups in total. The Morgan fingerprint density at radius 2 is 2.00 bits per heavy atom. The van der Waals surface area contributed by atoms with Crippen molar-refractivity contribution in [2.45, 2.75) is 26.3 Å². The largest absolute Gasteiger partial charge is 0.380 e. The van der Waals surface area contributed by atoms with Gasteiger partial charge in [0.2, 0.25) is 0 Å². The zero-order valence-electron chi connectivity index (χ0n) is 10.1. The van der Waals surface area contributed by atoms with Gasteiger partial charge in [0.15, 0.2) is 0 Å². The Hall–Kier alpha value is -1.06. The number of hydrogen-bond acceptors (Lipinski definition) is 3. The Labute approximate surface area is 111 Å². The highest BCUT2D eigenvalue weighted by Crippen LogP contribution is 2.30. The molecule has 1 aromatic heterocycles. The third-order valence-corrected chi connectivity index (χ3v) is 3.17. The summed E-state index contributed by atoms with van der Waals surface area (Å²) in [5, 5.41) is 4.16. The summed E-state index contributed by atoms with van der Waals surface area (Å²) in [4.78, 5) is 5.22. The molecule has 17 heavy (non-hydrogen) atoms. The van der Waals surface area contributed by atoms with Gasteiger partial charge in [-0.25, -0.2) is 0 Å². The molecule has 1 aromatic carbocycles. The summed E-state index contributed by atoms with van der Waals surface area (Å²) < 4.78 is 0. The van der Waals surface area contributed by atoms with E-state index in [9.17, 15) is 0 Å². The molecule has 0 unspecified atom stereocenters. The lowest BCUT2D eigenvalue weighted by Gasteiger charge is -2.22. The van der Waals surface area contributed by atoms with Crippen LogP contribution in [0.25, 0.3) is 10.4 Å². The predicted molar refractivity (Wildman–Crippen MR) is 75.9 cm³/mol. The van der Waals surface area contributed by atoms with Crippen LogP contribution >= 0.6 is 22.9 Å². The number of rotatable bonds is 2. The normalized spacial score (nSPS) is 11.5. The molecule has 0 fully saturated rings. The molecule has 0 amide bonds. The van der Waals surface area contributed by atoms with Crippen LogP contribution in [0, 0.1) is 0 Å². The molecule has 0 aliphatic rings. The van der Waals surface area contributed by atoms with Crippen molar-refractivity contribution in [2.24, 2.45) is 0 Å². The standard InChI is InChI=1S/C13H15ClN2S/c1-13(2,3)16-11-5-9(4-10(14)6-11)12-7-15-8-17-12/h4-8,16H,1-3H3. The minimum absolute atomic E-state index is 0.0235. The van der Waals surface area contributed by atoms with Crippen LogP contribution in [0.4, 0.5) is 5.69 Å². The van der Waals surface area contributed by atoms with Gasteiger partial charge in [-0.05, 0) is 44.5 Å². The first-order valence-corrected chi connectivity index (χ1v) is 6.67. The highest BCUT2D eigenvalue weighted by Gasteiger charge is 2.11. The summed E-state index contributed by atoms with van der Waals surface area (Å²) in [5.41, 5.74) is 3.99. The van der Waals surface area contributed by atoms with Gasteiger partial charge in [-0.1, -0.05) is 11.6 Å². The molecule has 0 saturated carbocycles. The number of aromatic nitrogens is 1. The molecule has 0 radical (unpaired) electrons. The molecule has 0 bridgehead atoms. The second kappa shape index (κ2) is 4.67. The summed E-state index contributed by atoms with van der Waals surface area (Å²) in [6.45, 7) is 6.38. The lowest BCUT2D eigenvalue weighted by atomic mass is 10.1. The van der Waals surface area contributed by atoms with Crippen LogP contribution in [-0.4, -0.2) is 10.5 Å². The second-order valence-electron chi connectivity index (χ2n) is 4.97. The van der Waals surface area contributed by atoms with Crippen LogP contribution < -0.4 is 5.32 Å². The van der Waals surface area contributed by atoms with Crippen molar-refractivity contribution < 1.29 is 0 Å². The Bertz CT molecular complexity index is 501. The lowest BCUT2D eigenvalue weighted by Crippen LogP contribution is -2.25. The zero-order valence-corrected chi connectivity index (χ0v) is 11.7. The summed E-state index contributed by atoms with van der Waals surface area (Å²) in [6.07, 6.45) is 1.86. The number of nitrogens with one attached hydrogen (secondary N) is 1. The van der Waals surface area contributed by atoms with E-state index in [1.165, 1.54) is 0 Å². The summed E-state index contributed by atoms with van der Waals surface area (Å²) in [7, 11) is 0. The van der Waals surface area contributed by atoms with Gasteiger partial charge in [-0.15, -0.1) is 11.3 Å². The number of thiazole rings is 1. The maximum absolute atomic E-state index is 6.14. The van der Waals surface area contributed by atoms with E-state index in [1.54, 1.807) is 11.3 Å². The predicted octanol–water partition coefficient (Wildman–Crippen LogP) is 4.67. The average Bonchev–Trinajstić information content (AvgIpc) is 2.65. The van der Waals surface area contributed by atoms with Crippen molar-refractivity contribution >= 4 is 28.6 Å². The van der Waals surface area contributed by atoms with Gasteiger partial charge in [-0.2, -0.15) is 0 Å². The van der Waals surface area contributed by atoms with E-state index in [0.29, 0.717) is 0 Å². The monoisotopic (exact) mass is 266 g/mol. The van der Waals surface area contributed by atoms with Gasteiger partial charge in [-0.3, -0.25) is 4.98 Å². The molecule has 0 aliphatic heterocycles. The first-order chi connectivity index (χ1) is 7.94. The minimum atomic E-state index is 0.0235. The smallest absolute Gasteiger partial charge is 0.0797 e. The number of benzene rings is 1. The number of anilines is 1. The van der Waals surface area contributed by atoms with Crippen LogP contribution in [0.2, 0.25) is 5.02 Å². The van der Waals surface area contributed by atoms with Crippen LogP contribution in [-0.2, 0) is 0 Å². The Morgan fingerprint density at radius 1 is 1.24 bits per heavy atom. The molecule has 0 spiro atoms. The minimum Gasteiger partial charge on any atom is -0.380 e. The van der Waals surface area contributed by atoms with E-state index in [2.05, 4.69) is 37.1 Å². The van der Waals surface area contributed by atoms with E-state index in [0.717, 1.165) is 21.2 Å². The molecule has 4 heteroatoms. The fourth-order valence-corrected chi connectivity index (χ4v) is 2.44. The number of nitrogens with zero attached hydrogens (tertiary/aromatic N) is 1. The van der Waals surface area contributed by atoms with Gasteiger partial charge < -0.3 is 5.32 Å². The zero-order chi connectivity index (χ0) is 12.5. The topological polar surface area (TPSA) is 24.9 Å². The first-order valence-electron chi connectivity index (χ1n) is 5.42. The van der Waals surface area contributed by atoms with Crippen LogP contribution in [0.15, 0.2) is 29.9 Å². The Balaban J connectivity index is 2.36. The van der Waals surface area contributed by atoms with Crippen LogP contribution in [0.3, 0.4) is 0 Å². The van der Waals surface area contributed by atoms with E-state index in [-0.39, 0.29) is 5.54 Å². The van der Waals surface area contributed by atoms with Crippen LogP contribution in [0.1, 0.15) is 20.8 Å². The third kappa shape index (κ3) is 3.45.